The maximum Gasteiger partial charge on any atom is 0.255 e. The summed E-state index contributed by atoms with van der Waals surface area (Å²) in [6.45, 7) is 1.46. The molecule has 0 spiro atoms. The fourth-order valence-electron chi connectivity index (χ4n) is 3.52. The predicted octanol–water partition coefficient (Wildman–Crippen LogP) is 4.78. The largest absolute Gasteiger partial charge is 0.380 e. The van der Waals surface area contributed by atoms with Crippen molar-refractivity contribution in [2.45, 2.75) is 13.0 Å². The molecule has 1 aliphatic rings. The molecule has 0 aliphatic carbocycles. The number of amides is 1. The summed E-state index contributed by atoms with van der Waals surface area (Å²) < 4.78 is 5.12. The number of carbonyl (C=O) groups is 1. The summed E-state index contributed by atoms with van der Waals surface area (Å²) in [5, 5.41) is 3.07. The van der Waals surface area contributed by atoms with Crippen molar-refractivity contribution in [2.75, 3.05) is 23.9 Å². The number of hydrogen-bond donors (Lipinski definition) is 1. The Bertz CT molecular complexity index is 951. The molecule has 0 saturated heterocycles. The van der Waals surface area contributed by atoms with E-state index in [1.54, 1.807) is 7.11 Å². The molecule has 136 valence electrons. The molecule has 0 aromatic heterocycles. The normalized spacial score (nSPS) is 12.7. The quantitative estimate of drug-likeness (QED) is 0.714. The second-order valence-electron chi connectivity index (χ2n) is 6.63. The summed E-state index contributed by atoms with van der Waals surface area (Å²) in [5.74, 6) is -0.112. The third kappa shape index (κ3) is 3.57. The molecule has 0 atom stereocenters. The molecule has 4 rings (SSSR count). The summed E-state index contributed by atoms with van der Waals surface area (Å²) in [5.41, 5.74) is 6.07. The number of ether oxygens (including phenoxy) is 1. The van der Waals surface area contributed by atoms with Gasteiger partial charge >= 0.3 is 0 Å². The van der Waals surface area contributed by atoms with Gasteiger partial charge in [0, 0.05) is 24.9 Å². The molecule has 1 aliphatic heterocycles. The Hall–Kier alpha value is -3.11. The number of methoxy groups -OCH3 is 1. The molecule has 0 fully saturated rings. The van der Waals surface area contributed by atoms with Crippen molar-refractivity contribution in [3.63, 3.8) is 0 Å². The average molecular weight is 358 g/mol. The van der Waals surface area contributed by atoms with Crippen LogP contribution in [0.2, 0.25) is 0 Å². The number of hydrogen-bond acceptors (Lipinski definition) is 3. The minimum atomic E-state index is -0.112. The zero-order valence-corrected chi connectivity index (χ0v) is 15.3. The van der Waals surface area contributed by atoms with Crippen molar-refractivity contribution in [1.82, 2.24) is 0 Å². The molecule has 0 radical (unpaired) electrons. The highest BCUT2D eigenvalue weighted by atomic mass is 16.5. The van der Waals surface area contributed by atoms with E-state index in [4.69, 9.17) is 4.74 Å². The van der Waals surface area contributed by atoms with Gasteiger partial charge in [-0.1, -0.05) is 42.5 Å². The smallest absolute Gasteiger partial charge is 0.255 e. The zero-order chi connectivity index (χ0) is 18.6. The summed E-state index contributed by atoms with van der Waals surface area (Å²) in [7, 11) is 1.66. The average Bonchev–Trinajstić information content (AvgIpc) is 3.13. The number of benzene rings is 3. The lowest BCUT2D eigenvalue weighted by atomic mass is 10.1. The van der Waals surface area contributed by atoms with Gasteiger partial charge in [-0.05, 0) is 47.9 Å². The highest BCUT2D eigenvalue weighted by Crippen LogP contribution is 2.38. The molecule has 0 unspecified atom stereocenters. The van der Waals surface area contributed by atoms with Gasteiger partial charge in [-0.25, -0.2) is 0 Å². The number of para-hydroxylation sites is 3. The topological polar surface area (TPSA) is 41.6 Å². The Kier molecular flexibility index (Phi) is 4.90. The Labute approximate surface area is 159 Å². The number of nitrogens with zero attached hydrogens (tertiary/aromatic N) is 1. The van der Waals surface area contributed by atoms with Crippen LogP contribution in [0.25, 0.3) is 0 Å². The van der Waals surface area contributed by atoms with Gasteiger partial charge in [0.25, 0.3) is 5.91 Å². The summed E-state index contributed by atoms with van der Waals surface area (Å²) >= 11 is 0. The van der Waals surface area contributed by atoms with Crippen molar-refractivity contribution in [3.8, 4) is 0 Å². The summed E-state index contributed by atoms with van der Waals surface area (Å²) in [4.78, 5) is 15.0. The summed E-state index contributed by atoms with van der Waals surface area (Å²) in [6.07, 6.45) is 1.01. The first-order valence-electron chi connectivity index (χ1n) is 9.10. The van der Waals surface area contributed by atoms with E-state index in [1.165, 1.54) is 11.3 Å². The van der Waals surface area contributed by atoms with Crippen molar-refractivity contribution in [1.29, 1.82) is 0 Å². The van der Waals surface area contributed by atoms with E-state index in [0.717, 1.165) is 29.9 Å². The SMILES string of the molecule is COCc1ccc(C(=O)Nc2ccccc2N2CCc3ccccc32)cc1. The van der Waals surface area contributed by atoms with Crippen molar-refractivity contribution >= 4 is 23.0 Å². The lowest BCUT2D eigenvalue weighted by Crippen LogP contribution is -2.18. The second kappa shape index (κ2) is 7.64. The van der Waals surface area contributed by atoms with E-state index in [-0.39, 0.29) is 5.91 Å². The van der Waals surface area contributed by atoms with Gasteiger partial charge in [-0.15, -0.1) is 0 Å². The third-order valence-electron chi connectivity index (χ3n) is 4.86. The number of anilines is 3. The van der Waals surface area contributed by atoms with Gasteiger partial charge in [-0.2, -0.15) is 0 Å². The van der Waals surface area contributed by atoms with E-state index >= 15 is 0 Å². The second-order valence-corrected chi connectivity index (χ2v) is 6.63. The molecule has 1 heterocycles. The molecular formula is C23H22N2O2. The lowest BCUT2D eigenvalue weighted by Gasteiger charge is -2.23. The number of carbonyl (C=O) groups excluding carboxylic acids is 1. The minimum absolute atomic E-state index is 0.112. The number of rotatable bonds is 5. The first-order chi connectivity index (χ1) is 13.3. The molecule has 0 bridgehead atoms. The van der Waals surface area contributed by atoms with Crippen LogP contribution in [-0.2, 0) is 17.8 Å². The van der Waals surface area contributed by atoms with Gasteiger partial charge < -0.3 is 15.0 Å². The fourth-order valence-corrected chi connectivity index (χ4v) is 3.52. The number of fused-ring (bicyclic) bond motifs is 1. The van der Waals surface area contributed by atoms with E-state index in [9.17, 15) is 4.79 Å². The van der Waals surface area contributed by atoms with Crippen molar-refractivity contribution in [3.05, 3.63) is 89.5 Å². The van der Waals surface area contributed by atoms with Gasteiger partial charge in [0.15, 0.2) is 0 Å². The molecular weight excluding hydrogens is 336 g/mol. The molecule has 1 N–H and O–H groups in total. The van der Waals surface area contributed by atoms with Crippen LogP contribution in [0.4, 0.5) is 17.1 Å². The first kappa shape index (κ1) is 17.3. The first-order valence-corrected chi connectivity index (χ1v) is 9.10. The molecule has 1 amide bonds. The molecule has 4 nitrogen and oxygen atoms in total. The maximum absolute atomic E-state index is 12.7. The van der Waals surface area contributed by atoms with Crippen LogP contribution in [0.15, 0.2) is 72.8 Å². The van der Waals surface area contributed by atoms with Crippen LogP contribution < -0.4 is 10.2 Å². The van der Waals surface area contributed by atoms with Gasteiger partial charge in [0.05, 0.1) is 18.0 Å². The van der Waals surface area contributed by atoms with Gasteiger partial charge in [0.2, 0.25) is 0 Å². The Balaban J connectivity index is 1.58. The molecule has 4 heteroatoms. The molecule has 27 heavy (non-hydrogen) atoms. The van der Waals surface area contributed by atoms with E-state index in [0.29, 0.717) is 12.2 Å². The van der Waals surface area contributed by atoms with Crippen LogP contribution in [-0.4, -0.2) is 19.6 Å². The molecule has 3 aromatic rings. The monoisotopic (exact) mass is 358 g/mol. The Morgan fingerprint density at radius 2 is 1.67 bits per heavy atom. The molecule has 0 saturated carbocycles. The van der Waals surface area contributed by atoms with E-state index < -0.39 is 0 Å². The Morgan fingerprint density at radius 3 is 2.44 bits per heavy atom. The predicted molar refractivity (Wildman–Crippen MR) is 109 cm³/mol. The fraction of sp³-hybridized carbons (Fsp3) is 0.174. The van der Waals surface area contributed by atoms with Crippen LogP contribution >= 0.6 is 0 Å². The van der Waals surface area contributed by atoms with E-state index in [1.807, 2.05) is 42.5 Å². The van der Waals surface area contributed by atoms with Crippen LogP contribution in [0.3, 0.4) is 0 Å². The standard InChI is InChI=1S/C23H22N2O2/c1-27-16-17-10-12-19(13-11-17)23(26)24-20-7-3-5-9-22(20)25-15-14-18-6-2-4-8-21(18)25/h2-13H,14-16H2,1H3,(H,24,26). The lowest BCUT2D eigenvalue weighted by molar-refractivity contribution is 0.102. The van der Waals surface area contributed by atoms with Crippen LogP contribution in [0.5, 0.6) is 0 Å². The minimum Gasteiger partial charge on any atom is -0.380 e. The van der Waals surface area contributed by atoms with Gasteiger partial charge in [-0.3, -0.25) is 4.79 Å². The maximum atomic E-state index is 12.7. The van der Waals surface area contributed by atoms with Gasteiger partial charge in [0.1, 0.15) is 0 Å². The summed E-state index contributed by atoms with van der Waals surface area (Å²) in [6, 6.07) is 23.9. The van der Waals surface area contributed by atoms with Crippen LogP contribution in [0.1, 0.15) is 21.5 Å². The third-order valence-corrected chi connectivity index (χ3v) is 4.86. The van der Waals surface area contributed by atoms with Crippen molar-refractivity contribution in [2.24, 2.45) is 0 Å². The van der Waals surface area contributed by atoms with Crippen molar-refractivity contribution < 1.29 is 9.53 Å². The number of nitrogens with one attached hydrogen (secondary N) is 1. The highest BCUT2D eigenvalue weighted by Gasteiger charge is 2.22. The molecule has 3 aromatic carbocycles. The van der Waals surface area contributed by atoms with Crippen LogP contribution in [0, 0.1) is 0 Å². The zero-order valence-electron chi connectivity index (χ0n) is 15.3. The Morgan fingerprint density at radius 1 is 0.963 bits per heavy atom. The highest BCUT2D eigenvalue weighted by molar-refractivity contribution is 6.06. The van der Waals surface area contributed by atoms with E-state index in [2.05, 4.69) is 40.5 Å².